The van der Waals surface area contributed by atoms with Gasteiger partial charge in [-0.3, -0.25) is 4.79 Å². The number of hydrogen-bond donors (Lipinski definition) is 0. The molecule has 0 atom stereocenters. The van der Waals surface area contributed by atoms with Gasteiger partial charge in [-0.1, -0.05) is 0 Å². The minimum atomic E-state index is 0.124. The van der Waals surface area contributed by atoms with E-state index in [9.17, 15) is 4.79 Å². The van der Waals surface area contributed by atoms with Crippen molar-refractivity contribution in [1.29, 1.82) is 0 Å². The van der Waals surface area contributed by atoms with E-state index in [-0.39, 0.29) is 5.78 Å². The molecule has 0 aliphatic heterocycles. The van der Waals surface area contributed by atoms with E-state index in [4.69, 9.17) is 0 Å². The predicted molar refractivity (Wildman–Crippen MR) is 80.4 cm³/mol. The first-order valence-corrected chi connectivity index (χ1v) is 7.02. The highest BCUT2D eigenvalue weighted by Crippen LogP contribution is 2.19. The number of carbonyl (C=O) groups is 1. The molecule has 0 amide bonds. The highest BCUT2D eigenvalue weighted by molar-refractivity contribution is 7.11. The SMILES string of the molecule is Cc1nc(CC(=O)c2ccc(N(C)C)cc2)sc1C. The molecule has 19 heavy (non-hydrogen) atoms. The molecule has 0 unspecified atom stereocenters. The molecule has 0 radical (unpaired) electrons. The van der Waals surface area contributed by atoms with Crippen molar-refractivity contribution >= 4 is 22.8 Å². The molecular formula is C15H18N2OS. The second kappa shape index (κ2) is 5.53. The molecule has 2 rings (SSSR count). The Bertz CT molecular complexity index is 565. The number of rotatable bonds is 4. The van der Waals surface area contributed by atoms with Gasteiger partial charge < -0.3 is 4.90 Å². The van der Waals surface area contributed by atoms with Gasteiger partial charge in [0.15, 0.2) is 5.78 Å². The van der Waals surface area contributed by atoms with Crippen LogP contribution in [0.2, 0.25) is 0 Å². The minimum Gasteiger partial charge on any atom is -0.378 e. The van der Waals surface area contributed by atoms with Gasteiger partial charge >= 0.3 is 0 Å². The highest BCUT2D eigenvalue weighted by atomic mass is 32.1. The maximum atomic E-state index is 12.2. The molecule has 1 aromatic heterocycles. The average Bonchev–Trinajstić information content (AvgIpc) is 2.68. The van der Waals surface area contributed by atoms with Crippen LogP contribution in [-0.2, 0) is 6.42 Å². The van der Waals surface area contributed by atoms with Gasteiger partial charge in [0, 0.05) is 30.2 Å². The second-order valence-electron chi connectivity index (χ2n) is 4.79. The Hall–Kier alpha value is -1.68. The Morgan fingerprint density at radius 2 is 1.84 bits per heavy atom. The average molecular weight is 274 g/mol. The Morgan fingerprint density at radius 3 is 2.32 bits per heavy atom. The highest BCUT2D eigenvalue weighted by Gasteiger charge is 2.11. The molecule has 0 N–H and O–H groups in total. The molecule has 0 bridgehead atoms. The zero-order valence-corrected chi connectivity index (χ0v) is 12.5. The molecule has 0 saturated carbocycles. The number of hydrogen-bond acceptors (Lipinski definition) is 4. The summed E-state index contributed by atoms with van der Waals surface area (Å²) in [5, 5.41) is 0.900. The molecule has 2 aromatic rings. The van der Waals surface area contributed by atoms with Crippen molar-refractivity contribution in [3.8, 4) is 0 Å². The van der Waals surface area contributed by atoms with Crippen molar-refractivity contribution in [1.82, 2.24) is 4.98 Å². The summed E-state index contributed by atoms with van der Waals surface area (Å²) in [6.07, 6.45) is 0.390. The largest absolute Gasteiger partial charge is 0.378 e. The minimum absolute atomic E-state index is 0.124. The maximum Gasteiger partial charge on any atom is 0.169 e. The molecule has 0 saturated heterocycles. The Morgan fingerprint density at radius 1 is 1.21 bits per heavy atom. The summed E-state index contributed by atoms with van der Waals surface area (Å²) in [6, 6.07) is 7.69. The summed E-state index contributed by atoms with van der Waals surface area (Å²) in [6.45, 7) is 4.01. The van der Waals surface area contributed by atoms with E-state index in [1.807, 2.05) is 57.1 Å². The van der Waals surface area contributed by atoms with Crippen molar-refractivity contribution < 1.29 is 4.79 Å². The number of ketones is 1. The van der Waals surface area contributed by atoms with Crippen LogP contribution in [0.4, 0.5) is 5.69 Å². The summed E-state index contributed by atoms with van der Waals surface area (Å²) in [7, 11) is 3.97. The number of benzene rings is 1. The van der Waals surface area contributed by atoms with Gasteiger partial charge in [-0.05, 0) is 38.1 Å². The molecule has 0 aliphatic carbocycles. The lowest BCUT2D eigenvalue weighted by molar-refractivity contribution is 0.0993. The summed E-state index contributed by atoms with van der Waals surface area (Å²) in [5.41, 5.74) is 2.87. The van der Waals surface area contributed by atoms with Crippen LogP contribution in [0.15, 0.2) is 24.3 Å². The van der Waals surface area contributed by atoms with E-state index in [1.54, 1.807) is 11.3 Å². The normalized spacial score (nSPS) is 10.5. The first-order chi connectivity index (χ1) is 8.97. The molecule has 0 aliphatic rings. The summed E-state index contributed by atoms with van der Waals surface area (Å²) in [4.78, 5) is 19.8. The number of Topliss-reactive ketones (excluding diaryl/α,β-unsaturated/α-hetero) is 1. The lowest BCUT2D eigenvalue weighted by atomic mass is 10.1. The number of aryl methyl sites for hydroxylation is 2. The number of aromatic nitrogens is 1. The first kappa shape index (κ1) is 13.7. The molecule has 100 valence electrons. The molecule has 0 fully saturated rings. The second-order valence-corrected chi connectivity index (χ2v) is 6.08. The molecule has 4 heteroatoms. The predicted octanol–water partition coefficient (Wildman–Crippen LogP) is 3.25. The molecule has 3 nitrogen and oxygen atoms in total. The van der Waals surface area contributed by atoms with Crippen molar-refractivity contribution in [2.75, 3.05) is 19.0 Å². The van der Waals surface area contributed by atoms with Crippen molar-refractivity contribution in [3.63, 3.8) is 0 Å². The van der Waals surface area contributed by atoms with Crippen LogP contribution in [0.3, 0.4) is 0 Å². The lowest BCUT2D eigenvalue weighted by Crippen LogP contribution is -2.09. The summed E-state index contributed by atoms with van der Waals surface area (Å²) >= 11 is 1.61. The molecular weight excluding hydrogens is 256 g/mol. The Labute approximate surface area is 117 Å². The van der Waals surface area contributed by atoms with E-state index in [0.717, 1.165) is 22.0 Å². The number of anilines is 1. The molecule has 0 spiro atoms. The standard InChI is InChI=1S/C15H18N2OS/c1-10-11(2)19-15(16-10)9-14(18)12-5-7-13(8-6-12)17(3)4/h5-8H,9H2,1-4H3. The molecule has 1 aromatic carbocycles. The third-order valence-electron chi connectivity index (χ3n) is 3.09. The van der Waals surface area contributed by atoms with Crippen LogP contribution in [0.25, 0.3) is 0 Å². The van der Waals surface area contributed by atoms with Crippen LogP contribution in [0, 0.1) is 13.8 Å². The van der Waals surface area contributed by atoms with Crippen LogP contribution in [0.1, 0.15) is 25.9 Å². The van der Waals surface area contributed by atoms with Crippen molar-refractivity contribution in [2.24, 2.45) is 0 Å². The fourth-order valence-corrected chi connectivity index (χ4v) is 2.73. The topological polar surface area (TPSA) is 33.2 Å². The van der Waals surface area contributed by atoms with E-state index in [0.29, 0.717) is 6.42 Å². The van der Waals surface area contributed by atoms with Gasteiger partial charge in [0.2, 0.25) is 0 Å². The van der Waals surface area contributed by atoms with Crippen LogP contribution < -0.4 is 4.90 Å². The first-order valence-electron chi connectivity index (χ1n) is 6.21. The number of thiazole rings is 1. The third-order valence-corrected chi connectivity index (χ3v) is 4.16. The lowest BCUT2D eigenvalue weighted by Gasteiger charge is -2.12. The van der Waals surface area contributed by atoms with Crippen LogP contribution >= 0.6 is 11.3 Å². The van der Waals surface area contributed by atoms with Gasteiger partial charge in [0.25, 0.3) is 0 Å². The van der Waals surface area contributed by atoms with E-state index in [1.165, 1.54) is 4.88 Å². The monoisotopic (exact) mass is 274 g/mol. The van der Waals surface area contributed by atoms with Gasteiger partial charge in [-0.2, -0.15) is 0 Å². The van der Waals surface area contributed by atoms with Crippen LogP contribution in [0.5, 0.6) is 0 Å². The number of nitrogens with zero attached hydrogens (tertiary/aromatic N) is 2. The quantitative estimate of drug-likeness (QED) is 0.802. The van der Waals surface area contributed by atoms with E-state index < -0.39 is 0 Å². The Kier molecular flexibility index (Phi) is 4.00. The van der Waals surface area contributed by atoms with Crippen molar-refractivity contribution in [3.05, 3.63) is 45.4 Å². The smallest absolute Gasteiger partial charge is 0.169 e. The third kappa shape index (κ3) is 3.20. The van der Waals surface area contributed by atoms with Gasteiger partial charge in [0.1, 0.15) is 5.01 Å². The maximum absolute atomic E-state index is 12.2. The van der Waals surface area contributed by atoms with Gasteiger partial charge in [-0.25, -0.2) is 4.98 Å². The molecule has 1 heterocycles. The fraction of sp³-hybridized carbons (Fsp3) is 0.333. The number of carbonyl (C=O) groups excluding carboxylic acids is 1. The van der Waals surface area contributed by atoms with E-state index in [2.05, 4.69) is 4.98 Å². The fourth-order valence-electron chi connectivity index (χ4n) is 1.80. The zero-order valence-electron chi connectivity index (χ0n) is 11.7. The summed E-state index contributed by atoms with van der Waals surface area (Å²) < 4.78 is 0. The zero-order chi connectivity index (χ0) is 14.0. The van der Waals surface area contributed by atoms with E-state index >= 15 is 0 Å². The van der Waals surface area contributed by atoms with Gasteiger partial charge in [0.05, 0.1) is 12.1 Å². The van der Waals surface area contributed by atoms with Crippen LogP contribution in [-0.4, -0.2) is 24.9 Å². The summed E-state index contributed by atoms with van der Waals surface area (Å²) in [5.74, 6) is 0.124. The van der Waals surface area contributed by atoms with Crippen molar-refractivity contribution in [2.45, 2.75) is 20.3 Å². The van der Waals surface area contributed by atoms with Gasteiger partial charge in [-0.15, -0.1) is 11.3 Å². The Balaban J connectivity index is 2.11.